The Bertz CT molecular complexity index is 785. The minimum atomic E-state index is -0.165. The van der Waals surface area contributed by atoms with E-state index in [1.807, 2.05) is 19.1 Å². The van der Waals surface area contributed by atoms with Gasteiger partial charge in [0.2, 0.25) is 22.8 Å². The fraction of sp³-hybridized carbons (Fsp3) is 0.286. The first-order valence-corrected chi connectivity index (χ1v) is 7.92. The number of carbonyl (C=O) groups excluding carboxylic acids is 1. The van der Waals surface area contributed by atoms with E-state index < -0.39 is 0 Å². The largest absolute Gasteiger partial charge is 0.339 e. The quantitative estimate of drug-likeness (QED) is 0.737. The molecule has 0 aliphatic carbocycles. The third-order valence-corrected chi connectivity index (χ3v) is 3.93. The lowest BCUT2D eigenvalue weighted by atomic mass is 10.3. The lowest BCUT2D eigenvalue weighted by Crippen LogP contribution is -2.12. The van der Waals surface area contributed by atoms with Crippen LogP contribution in [0.25, 0.3) is 11.5 Å². The molecular weight excluding hydrogens is 316 g/mol. The molecule has 0 aromatic carbocycles. The van der Waals surface area contributed by atoms with Crippen LogP contribution in [0.15, 0.2) is 28.9 Å². The average molecular weight is 330 g/mol. The fourth-order valence-electron chi connectivity index (χ4n) is 1.80. The van der Waals surface area contributed by atoms with Gasteiger partial charge in [-0.05, 0) is 18.6 Å². The molecule has 1 N–H and O–H groups in total. The van der Waals surface area contributed by atoms with Crippen LogP contribution in [-0.2, 0) is 17.6 Å². The summed E-state index contributed by atoms with van der Waals surface area (Å²) >= 11 is 1.37. The number of hydrogen-bond donors (Lipinski definition) is 1. The van der Waals surface area contributed by atoms with E-state index in [4.69, 9.17) is 4.52 Å². The van der Waals surface area contributed by atoms with E-state index >= 15 is 0 Å². The molecule has 23 heavy (non-hydrogen) atoms. The molecule has 0 saturated heterocycles. The van der Waals surface area contributed by atoms with Gasteiger partial charge in [0, 0.05) is 19.0 Å². The van der Waals surface area contributed by atoms with Crippen molar-refractivity contribution >= 4 is 22.4 Å². The van der Waals surface area contributed by atoms with Crippen molar-refractivity contribution < 1.29 is 9.32 Å². The Morgan fingerprint density at radius 1 is 1.35 bits per heavy atom. The van der Waals surface area contributed by atoms with Crippen LogP contribution >= 0.6 is 11.3 Å². The van der Waals surface area contributed by atoms with Gasteiger partial charge in [0.25, 0.3) is 0 Å². The highest BCUT2D eigenvalue weighted by Crippen LogP contribution is 2.16. The van der Waals surface area contributed by atoms with Crippen LogP contribution in [0.1, 0.15) is 24.2 Å². The second kappa shape index (κ2) is 7.05. The molecule has 0 unspecified atom stereocenters. The molecular formula is C14H14N6O2S. The summed E-state index contributed by atoms with van der Waals surface area (Å²) in [5, 5.41) is 15.8. The maximum atomic E-state index is 11.9. The number of amides is 1. The first-order valence-electron chi connectivity index (χ1n) is 7.11. The van der Waals surface area contributed by atoms with Gasteiger partial charge in [-0.25, -0.2) is 0 Å². The SMILES string of the molecule is CCc1nnc(NC(=O)CCc2nc(-c3ccccn3)no2)s1. The zero-order chi connectivity index (χ0) is 16.1. The number of hydrogen-bond acceptors (Lipinski definition) is 8. The van der Waals surface area contributed by atoms with E-state index in [-0.39, 0.29) is 12.3 Å². The number of nitrogens with zero attached hydrogens (tertiary/aromatic N) is 5. The Balaban J connectivity index is 1.54. The maximum absolute atomic E-state index is 11.9. The number of rotatable bonds is 6. The summed E-state index contributed by atoms with van der Waals surface area (Å²) in [6.07, 6.45) is 3.03. The predicted molar refractivity (Wildman–Crippen MR) is 83.8 cm³/mol. The standard InChI is InChI=1S/C14H14N6O2S/c1-2-12-18-19-14(23-12)16-10(21)6-7-11-17-13(20-22-11)9-5-3-4-8-15-9/h3-5,8H,2,6-7H2,1H3,(H,16,19,21). The minimum absolute atomic E-state index is 0.165. The van der Waals surface area contributed by atoms with Crippen molar-refractivity contribution in [2.75, 3.05) is 5.32 Å². The molecule has 0 saturated carbocycles. The van der Waals surface area contributed by atoms with Gasteiger partial charge in [-0.2, -0.15) is 4.98 Å². The normalized spacial score (nSPS) is 10.7. The van der Waals surface area contributed by atoms with Gasteiger partial charge < -0.3 is 9.84 Å². The Labute approximate surface area is 136 Å². The van der Waals surface area contributed by atoms with Crippen molar-refractivity contribution in [1.29, 1.82) is 0 Å². The molecule has 3 aromatic heterocycles. The monoisotopic (exact) mass is 330 g/mol. The van der Waals surface area contributed by atoms with E-state index in [0.717, 1.165) is 11.4 Å². The molecule has 0 spiro atoms. The summed E-state index contributed by atoms with van der Waals surface area (Å²) in [7, 11) is 0. The molecule has 3 aromatic rings. The minimum Gasteiger partial charge on any atom is -0.339 e. The Morgan fingerprint density at radius 2 is 2.26 bits per heavy atom. The molecule has 0 aliphatic rings. The molecule has 0 atom stereocenters. The van der Waals surface area contributed by atoms with E-state index in [0.29, 0.717) is 29.0 Å². The van der Waals surface area contributed by atoms with Gasteiger partial charge in [-0.3, -0.25) is 9.78 Å². The molecule has 0 bridgehead atoms. The highest BCUT2D eigenvalue weighted by molar-refractivity contribution is 7.15. The van der Waals surface area contributed by atoms with E-state index in [9.17, 15) is 4.79 Å². The van der Waals surface area contributed by atoms with Gasteiger partial charge in [0.05, 0.1) is 0 Å². The summed E-state index contributed by atoms with van der Waals surface area (Å²) in [5.74, 6) is 0.645. The van der Waals surface area contributed by atoms with Crippen molar-refractivity contribution in [3.63, 3.8) is 0 Å². The third-order valence-electron chi connectivity index (χ3n) is 2.94. The number of anilines is 1. The molecule has 3 rings (SSSR count). The molecule has 118 valence electrons. The topological polar surface area (TPSA) is 107 Å². The van der Waals surface area contributed by atoms with Gasteiger partial charge >= 0.3 is 0 Å². The molecule has 1 amide bonds. The van der Waals surface area contributed by atoms with Gasteiger partial charge in [-0.15, -0.1) is 10.2 Å². The van der Waals surface area contributed by atoms with Crippen LogP contribution in [-0.4, -0.2) is 31.2 Å². The van der Waals surface area contributed by atoms with Crippen LogP contribution in [0.5, 0.6) is 0 Å². The lowest BCUT2D eigenvalue weighted by molar-refractivity contribution is -0.116. The van der Waals surface area contributed by atoms with Crippen molar-refractivity contribution in [1.82, 2.24) is 25.3 Å². The lowest BCUT2D eigenvalue weighted by Gasteiger charge is -1.97. The van der Waals surface area contributed by atoms with Crippen molar-refractivity contribution in [3.8, 4) is 11.5 Å². The highest BCUT2D eigenvalue weighted by Gasteiger charge is 2.12. The van der Waals surface area contributed by atoms with Crippen LogP contribution < -0.4 is 5.32 Å². The van der Waals surface area contributed by atoms with Crippen molar-refractivity contribution in [2.24, 2.45) is 0 Å². The fourth-order valence-corrected chi connectivity index (χ4v) is 2.50. The zero-order valence-corrected chi connectivity index (χ0v) is 13.2. The summed E-state index contributed by atoms with van der Waals surface area (Å²) < 4.78 is 5.13. The first-order chi connectivity index (χ1) is 11.2. The van der Waals surface area contributed by atoms with Crippen molar-refractivity contribution in [2.45, 2.75) is 26.2 Å². The Hall–Kier alpha value is -2.68. The van der Waals surface area contributed by atoms with E-state index in [2.05, 4.69) is 30.6 Å². The van der Waals surface area contributed by atoms with Crippen LogP contribution in [0.3, 0.4) is 0 Å². The summed E-state index contributed by atoms with van der Waals surface area (Å²) in [5.41, 5.74) is 0.632. The zero-order valence-electron chi connectivity index (χ0n) is 12.4. The molecule has 0 radical (unpaired) electrons. The smallest absolute Gasteiger partial charge is 0.227 e. The second-order valence-electron chi connectivity index (χ2n) is 4.63. The van der Waals surface area contributed by atoms with Gasteiger partial charge in [-0.1, -0.05) is 29.5 Å². The molecule has 3 heterocycles. The molecule has 0 aliphatic heterocycles. The molecule has 8 nitrogen and oxygen atoms in total. The average Bonchev–Trinajstić information content (AvgIpc) is 3.23. The number of pyridine rings is 1. The van der Waals surface area contributed by atoms with Crippen molar-refractivity contribution in [3.05, 3.63) is 35.3 Å². The molecule has 9 heteroatoms. The first kappa shape index (κ1) is 15.2. The summed E-state index contributed by atoms with van der Waals surface area (Å²) in [6, 6.07) is 5.45. The number of carbonyl (C=O) groups is 1. The maximum Gasteiger partial charge on any atom is 0.227 e. The van der Waals surface area contributed by atoms with E-state index in [1.165, 1.54) is 11.3 Å². The number of aromatic nitrogens is 5. The second-order valence-corrected chi connectivity index (χ2v) is 5.69. The number of nitrogens with one attached hydrogen (secondary N) is 1. The van der Waals surface area contributed by atoms with Gasteiger partial charge in [0.1, 0.15) is 10.7 Å². The number of aryl methyl sites for hydroxylation is 2. The highest BCUT2D eigenvalue weighted by atomic mass is 32.1. The van der Waals surface area contributed by atoms with E-state index in [1.54, 1.807) is 12.3 Å². The predicted octanol–water partition coefficient (Wildman–Crippen LogP) is 2.12. The molecule has 0 fully saturated rings. The van der Waals surface area contributed by atoms with Crippen LogP contribution in [0.2, 0.25) is 0 Å². The van der Waals surface area contributed by atoms with Crippen LogP contribution in [0, 0.1) is 0 Å². The summed E-state index contributed by atoms with van der Waals surface area (Å²) in [4.78, 5) is 20.3. The third kappa shape index (κ3) is 3.95. The summed E-state index contributed by atoms with van der Waals surface area (Å²) in [6.45, 7) is 1.99. The van der Waals surface area contributed by atoms with Crippen LogP contribution in [0.4, 0.5) is 5.13 Å². The van der Waals surface area contributed by atoms with Gasteiger partial charge in [0.15, 0.2) is 0 Å². The Kier molecular flexibility index (Phi) is 4.67. The Morgan fingerprint density at radius 3 is 3.00 bits per heavy atom.